The van der Waals surface area contributed by atoms with Crippen molar-refractivity contribution in [1.29, 1.82) is 0 Å². The van der Waals surface area contributed by atoms with Crippen LogP contribution in [-0.2, 0) is 13.6 Å². The number of nitrogens with zero attached hydrogens (tertiary/aromatic N) is 3. The van der Waals surface area contributed by atoms with Crippen LogP contribution in [0.25, 0.3) is 0 Å². The van der Waals surface area contributed by atoms with E-state index in [-0.39, 0.29) is 5.91 Å². The fourth-order valence-electron chi connectivity index (χ4n) is 3.63. The number of hydrogen-bond donors (Lipinski definition) is 1. The highest BCUT2D eigenvalue weighted by atomic mass is 35.5. The molecule has 5 nitrogen and oxygen atoms in total. The van der Waals surface area contributed by atoms with Gasteiger partial charge in [-0.05, 0) is 54.8 Å². The van der Waals surface area contributed by atoms with Crippen LogP contribution in [0.5, 0.6) is 0 Å². The molecule has 0 radical (unpaired) electrons. The van der Waals surface area contributed by atoms with E-state index in [2.05, 4.69) is 14.7 Å². The average molecular weight is 441 g/mol. The predicted molar refractivity (Wildman–Crippen MR) is 123 cm³/mol. The lowest BCUT2D eigenvalue weighted by Gasteiger charge is -2.23. The Morgan fingerprint density at radius 3 is 2.67 bits per heavy atom. The summed E-state index contributed by atoms with van der Waals surface area (Å²) >= 11 is 7.60. The number of aromatic nitrogens is 2. The van der Waals surface area contributed by atoms with Crippen molar-refractivity contribution in [2.24, 2.45) is 7.05 Å². The molecule has 1 heterocycles. The maximum atomic E-state index is 12.8. The van der Waals surface area contributed by atoms with Crippen molar-refractivity contribution in [1.82, 2.24) is 15.1 Å². The lowest BCUT2D eigenvalue weighted by molar-refractivity contribution is 0.0938. The van der Waals surface area contributed by atoms with Crippen LogP contribution in [0.3, 0.4) is 0 Å². The zero-order valence-corrected chi connectivity index (χ0v) is 18.5. The zero-order valence-electron chi connectivity index (χ0n) is 16.9. The summed E-state index contributed by atoms with van der Waals surface area (Å²) in [6.45, 7) is 0.659. The molecule has 0 spiro atoms. The lowest BCUT2D eigenvalue weighted by Crippen LogP contribution is -2.32. The van der Waals surface area contributed by atoms with Crippen LogP contribution in [0, 0.1) is 0 Å². The molecule has 0 saturated heterocycles. The standard InChI is InChI=1S/C23H25ClN4OS/c1-27-14-13-22(26-27)30-28(16-17-9-11-19(24)12-10-17)21-8-4-5-18(15-21)23(29)25-20-6-2-3-7-20/h4-5,8-15,20H,2-3,6-7,16H2,1H3,(H,25,29). The van der Waals surface area contributed by atoms with Crippen LogP contribution in [0.15, 0.2) is 65.8 Å². The van der Waals surface area contributed by atoms with E-state index in [1.807, 2.05) is 67.8 Å². The van der Waals surface area contributed by atoms with Gasteiger partial charge in [-0.3, -0.25) is 9.48 Å². The quantitative estimate of drug-likeness (QED) is 0.495. The molecule has 0 bridgehead atoms. The fourth-order valence-corrected chi connectivity index (χ4v) is 4.70. The third-order valence-electron chi connectivity index (χ3n) is 5.22. The van der Waals surface area contributed by atoms with E-state index < -0.39 is 0 Å². The first-order valence-corrected chi connectivity index (χ1v) is 11.3. The van der Waals surface area contributed by atoms with Gasteiger partial charge in [-0.15, -0.1) is 0 Å². The molecule has 0 unspecified atom stereocenters. The van der Waals surface area contributed by atoms with E-state index in [9.17, 15) is 4.79 Å². The van der Waals surface area contributed by atoms with E-state index in [0.717, 1.165) is 29.1 Å². The van der Waals surface area contributed by atoms with Crippen molar-refractivity contribution in [2.75, 3.05) is 4.31 Å². The molecule has 0 aliphatic heterocycles. The lowest BCUT2D eigenvalue weighted by atomic mass is 10.1. The normalized spacial score (nSPS) is 14.1. The Morgan fingerprint density at radius 2 is 1.97 bits per heavy atom. The summed E-state index contributed by atoms with van der Waals surface area (Å²) in [5.41, 5.74) is 2.77. The number of halogens is 1. The molecule has 0 atom stereocenters. The first-order chi connectivity index (χ1) is 14.6. The van der Waals surface area contributed by atoms with Gasteiger partial charge < -0.3 is 9.62 Å². The number of anilines is 1. The van der Waals surface area contributed by atoms with Crippen LogP contribution in [0.2, 0.25) is 5.02 Å². The van der Waals surface area contributed by atoms with E-state index in [1.165, 1.54) is 12.8 Å². The van der Waals surface area contributed by atoms with Crippen molar-refractivity contribution in [2.45, 2.75) is 43.3 Å². The van der Waals surface area contributed by atoms with E-state index in [4.69, 9.17) is 11.6 Å². The van der Waals surface area contributed by atoms with E-state index in [1.54, 1.807) is 16.6 Å². The molecule has 1 fully saturated rings. The second-order valence-corrected chi connectivity index (χ2v) is 9.07. The number of aryl methyl sites for hydroxylation is 1. The Morgan fingerprint density at radius 1 is 1.20 bits per heavy atom. The Labute approximate surface area is 186 Å². The molecule has 3 aromatic rings. The number of carbonyl (C=O) groups is 1. The number of nitrogens with one attached hydrogen (secondary N) is 1. The smallest absolute Gasteiger partial charge is 0.251 e. The minimum atomic E-state index is -0.00182. The summed E-state index contributed by atoms with van der Waals surface area (Å²) in [4.78, 5) is 12.8. The highest BCUT2D eigenvalue weighted by Gasteiger charge is 2.19. The topological polar surface area (TPSA) is 50.2 Å². The van der Waals surface area contributed by atoms with Gasteiger partial charge in [-0.1, -0.05) is 42.6 Å². The van der Waals surface area contributed by atoms with Crippen molar-refractivity contribution in [3.63, 3.8) is 0 Å². The summed E-state index contributed by atoms with van der Waals surface area (Å²) in [5, 5.41) is 9.28. The molecule has 4 rings (SSSR count). The molecule has 156 valence electrons. The Bertz CT molecular complexity index is 998. The second kappa shape index (κ2) is 9.58. The minimum Gasteiger partial charge on any atom is -0.349 e. The predicted octanol–water partition coefficient (Wildman–Crippen LogP) is 5.46. The number of benzene rings is 2. The van der Waals surface area contributed by atoms with Gasteiger partial charge in [-0.2, -0.15) is 5.10 Å². The summed E-state index contributed by atoms with van der Waals surface area (Å²) < 4.78 is 3.94. The molecule has 1 N–H and O–H groups in total. The fraction of sp³-hybridized carbons (Fsp3) is 0.304. The minimum absolute atomic E-state index is 0.00182. The van der Waals surface area contributed by atoms with Gasteiger partial charge in [0, 0.05) is 47.5 Å². The molecule has 1 aliphatic carbocycles. The zero-order chi connectivity index (χ0) is 20.9. The van der Waals surface area contributed by atoms with Crippen LogP contribution < -0.4 is 9.62 Å². The maximum Gasteiger partial charge on any atom is 0.251 e. The van der Waals surface area contributed by atoms with Gasteiger partial charge in [0.15, 0.2) is 0 Å². The maximum absolute atomic E-state index is 12.8. The van der Waals surface area contributed by atoms with Gasteiger partial charge in [-0.25, -0.2) is 0 Å². The Balaban J connectivity index is 1.57. The molecule has 1 aliphatic rings. The highest BCUT2D eigenvalue weighted by Crippen LogP contribution is 2.31. The Hall–Kier alpha value is -2.44. The number of rotatable bonds is 7. The molecular formula is C23H25ClN4OS. The largest absolute Gasteiger partial charge is 0.349 e. The van der Waals surface area contributed by atoms with Crippen molar-refractivity contribution >= 4 is 35.1 Å². The summed E-state index contributed by atoms with van der Waals surface area (Å²) in [7, 11) is 1.90. The van der Waals surface area contributed by atoms with E-state index >= 15 is 0 Å². The van der Waals surface area contributed by atoms with Crippen molar-refractivity contribution in [3.8, 4) is 0 Å². The summed E-state index contributed by atoms with van der Waals surface area (Å²) in [6, 6.07) is 17.9. The molecule has 2 aromatic carbocycles. The van der Waals surface area contributed by atoms with Gasteiger partial charge in [0.1, 0.15) is 5.03 Å². The SMILES string of the molecule is Cn1ccc(SN(Cc2ccc(Cl)cc2)c2cccc(C(=O)NC3CCCC3)c2)n1. The first-order valence-electron chi connectivity index (χ1n) is 10.2. The number of hydrogen-bond acceptors (Lipinski definition) is 4. The van der Waals surface area contributed by atoms with Crippen molar-refractivity contribution < 1.29 is 4.79 Å². The third kappa shape index (κ3) is 5.37. The summed E-state index contributed by atoms with van der Waals surface area (Å²) in [6.07, 6.45) is 6.46. The van der Waals surface area contributed by atoms with Gasteiger partial charge in [0.25, 0.3) is 5.91 Å². The number of carbonyl (C=O) groups excluding carboxylic acids is 1. The summed E-state index contributed by atoms with van der Waals surface area (Å²) in [5.74, 6) is -0.00182. The van der Waals surface area contributed by atoms with Crippen LogP contribution in [0.1, 0.15) is 41.6 Å². The number of amides is 1. The van der Waals surface area contributed by atoms with Crippen LogP contribution in [-0.4, -0.2) is 21.7 Å². The van der Waals surface area contributed by atoms with Crippen LogP contribution >= 0.6 is 23.5 Å². The first kappa shape index (κ1) is 20.8. The molecule has 1 aromatic heterocycles. The molecule has 1 amide bonds. The van der Waals surface area contributed by atoms with Gasteiger partial charge in [0.2, 0.25) is 0 Å². The molecule has 7 heteroatoms. The monoisotopic (exact) mass is 440 g/mol. The second-order valence-electron chi connectivity index (χ2n) is 7.59. The molecule has 30 heavy (non-hydrogen) atoms. The van der Waals surface area contributed by atoms with E-state index in [0.29, 0.717) is 23.2 Å². The molecule has 1 saturated carbocycles. The highest BCUT2D eigenvalue weighted by molar-refractivity contribution is 8.00. The third-order valence-corrected chi connectivity index (χ3v) is 6.44. The van der Waals surface area contributed by atoms with Gasteiger partial charge >= 0.3 is 0 Å². The van der Waals surface area contributed by atoms with Crippen LogP contribution in [0.4, 0.5) is 5.69 Å². The Kier molecular flexibility index (Phi) is 6.65. The molecular weight excluding hydrogens is 416 g/mol. The average Bonchev–Trinajstić information content (AvgIpc) is 3.41. The van der Waals surface area contributed by atoms with Gasteiger partial charge in [0.05, 0.1) is 6.54 Å². The van der Waals surface area contributed by atoms with Crippen molar-refractivity contribution in [3.05, 3.63) is 76.9 Å².